The van der Waals surface area contributed by atoms with Crippen molar-refractivity contribution in [1.82, 2.24) is 9.44 Å². The van der Waals surface area contributed by atoms with Gasteiger partial charge < -0.3 is 0 Å². The van der Waals surface area contributed by atoms with Gasteiger partial charge in [0.25, 0.3) is 20.2 Å². The zero-order chi connectivity index (χ0) is 27.1. The Balaban J connectivity index is 1.91. The second-order valence-electron chi connectivity index (χ2n) is 7.44. The van der Waals surface area contributed by atoms with E-state index in [0.717, 1.165) is 36.4 Å². The van der Waals surface area contributed by atoms with Crippen LogP contribution in [0.2, 0.25) is 0 Å². The molecule has 0 heterocycles. The summed E-state index contributed by atoms with van der Waals surface area (Å²) in [5.74, 6) is -3.34. The summed E-state index contributed by atoms with van der Waals surface area (Å²) in [6.45, 7) is -1.30. The number of ketones is 2. The number of carbonyl (C=O) groups excluding carboxylic acids is 2. The lowest BCUT2D eigenvalue weighted by molar-refractivity contribution is 0.0978. The van der Waals surface area contributed by atoms with Crippen molar-refractivity contribution < 1.29 is 52.4 Å². The van der Waals surface area contributed by atoms with Gasteiger partial charge in [-0.05, 0) is 36.4 Å². The molecular weight excluding hydrogens is 564 g/mol. The quantitative estimate of drug-likeness (QED) is 0.206. The number of carbonyl (C=O) groups is 2. The van der Waals surface area contributed by atoms with E-state index in [-0.39, 0.29) is 22.3 Å². The van der Waals surface area contributed by atoms with E-state index in [1.165, 1.54) is 0 Å². The van der Waals surface area contributed by atoms with Gasteiger partial charge in [0.2, 0.25) is 20.0 Å². The SMILES string of the molecule is O=C1c2ccc(S(=O)(=O)NCCS(=O)(=O)O)cc2C(=O)c2ccc(S(=O)(=O)NCCS(=O)(=O)O)cc21. The summed E-state index contributed by atoms with van der Waals surface area (Å²) in [4.78, 5) is 25.1. The lowest BCUT2D eigenvalue weighted by atomic mass is 9.84. The molecule has 4 N–H and O–H groups in total. The van der Waals surface area contributed by atoms with E-state index in [9.17, 15) is 43.3 Å². The van der Waals surface area contributed by atoms with Crippen molar-refractivity contribution in [1.29, 1.82) is 0 Å². The average Bonchev–Trinajstić information content (AvgIpc) is 2.74. The second kappa shape index (κ2) is 9.71. The Kier molecular flexibility index (Phi) is 7.55. The predicted octanol–water partition coefficient (Wildman–Crippen LogP) is -1.21. The number of fused-ring (bicyclic) bond motifs is 2. The molecule has 0 bridgehead atoms. The first-order valence-corrected chi connectivity index (χ1v) is 15.9. The summed E-state index contributed by atoms with van der Waals surface area (Å²) < 4.78 is 114. The normalized spacial score (nSPS) is 14.4. The third-order valence-corrected chi connectivity index (χ3v) is 9.24. The molecule has 0 unspecified atom stereocenters. The maximum Gasteiger partial charge on any atom is 0.266 e. The van der Waals surface area contributed by atoms with E-state index in [1.54, 1.807) is 0 Å². The van der Waals surface area contributed by atoms with Crippen LogP contribution in [0, 0.1) is 0 Å². The van der Waals surface area contributed by atoms with Gasteiger partial charge in [-0.25, -0.2) is 26.3 Å². The molecular formula is C18H18N2O12S4. The van der Waals surface area contributed by atoms with Crippen LogP contribution in [0.4, 0.5) is 0 Å². The first-order chi connectivity index (χ1) is 16.4. The molecule has 0 aliphatic heterocycles. The monoisotopic (exact) mass is 582 g/mol. The Bertz CT molecular complexity index is 1570. The summed E-state index contributed by atoms with van der Waals surface area (Å²) in [6.07, 6.45) is 0. The molecule has 0 saturated carbocycles. The third-order valence-electron chi connectivity index (χ3n) is 4.89. The van der Waals surface area contributed by atoms with Gasteiger partial charge in [0.05, 0.1) is 21.3 Å². The molecule has 18 heteroatoms. The van der Waals surface area contributed by atoms with E-state index in [2.05, 4.69) is 0 Å². The maximum absolute atomic E-state index is 13.0. The van der Waals surface area contributed by atoms with Crippen molar-refractivity contribution in [3.05, 3.63) is 58.7 Å². The Morgan fingerprint density at radius 1 is 0.556 bits per heavy atom. The zero-order valence-corrected chi connectivity index (χ0v) is 21.2. The average molecular weight is 583 g/mol. The fourth-order valence-corrected chi connectivity index (χ4v) is 6.31. The Morgan fingerprint density at radius 2 is 0.889 bits per heavy atom. The fourth-order valence-electron chi connectivity index (χ4n) is 3.22. The number of sulfonamides is 2. The molecule has 1 aliphatic carbocycles. The van der Waals surface area contributed by atoms with Crippen LogP contribution in [0.15, 0.2) is 46.2 Å². The summed E-state index contributed by atoms with van der Waals surface area (Å²) >= 11 is 0. The summed E-state index contributed by atoms with van der Waals surface area (Å²) in [6, 6.07) is 5.89. The van der Waals surface area contributed by atoms with Gasteiger partial charge >= 0.3 is 0 Å². The van der Waals surface area contributed by atoms with Crippen molar-refractivity contribution in [2.45, 2.75) is 9.79 Å². The van der Waals surface area contributed by atoms with Crippen LogP contribution >= 0.6 is 0 Å². The molecule has 0 spiro atoms. The van der Waals surface area contributed by atoms with Crippen LogP contribution in [-0.2, 0) is 40.3 Å². The third kappa shape index (κ3) is 6.40. The molecule has 196 valence electrons. The van der Waals surface area contributed by atoms with E-state index in [4.69, 9.17) is 9.11 Å². The van der Waals surface area contributed by atoms with Crippen LogP contribution < -0.4 is 9.44 Å². The highest BCUT2D eigenvalue weighted by Gasteiger charge is 2.32. The van der Waals surface area contributed by atoms with Crippen LogP contribution in [0.5, 0.6) is 0 Å². The van der Waals surface area contributed by atoms with E-state index < -0.39 is 86.2 Å². The lowest BCUT2D eigenvalue weighted by Crippen LogP contribution is -2.30. The van der Waals surface area contributed by atoms with Crippen LogP contribution in [0.1, 0.15) is 31.8 Å². The molecule has 2 aromatic rings. The molecule has 0 amide bonds. The van der Waals surface area contributed by atoms with Crippen molar-refractivity contribution in [3.63, 3.8) is 0 Å². The molecule has 0 atom stereocenters. The predicted molar refractivity (Wildman–Crippen MR) is 123 cm³/mol. The van der Waals surface area contributed by atoms with Crippen molar-refractivity contribution in [2.75, 3.05) is 24.6 Å². The minimum absolute atomic E-state index is 0.210. The van der Waals surface area contributed by atoms with E-state index in [1.807, 2.05) is 9.44 Å². The Labute approximate surface area is 206 Å². The molecule has 0 saturated heterocycles. The fraction of sp³-hybridized carbons (Fsp3) is 0.222. The van der Waals surface area contributed by atoms with Gasteiger partial charge in [-0.15, -0.1) is 0 Å². The molecule has 36 heavy (non-hydrogen) atoms. The lowest BCUT2D eigenvalue weighted by Gasteiger charge is -2.19. The zero-order valence-electron chi connectivity index (χ0n) is 17.9. The minimum atomic E-state index is -4.43. The molecule has 14 nitrogen and oxygen atoms in total. The molecule has 0 radical (unpaired) electrons. The summed E-state index contributed by atoms with van der Waals surface area (Å²) in [7, 11) is -17.5. The summed E-state index contributed by atoms with van der Waals surface area (Å²) in [5.41, 5.74) is -0.990. The standard InChI is InChI=1S/C18H18N2O12S4/c21-17-13-3-1-11(35(29,30)19-5-7-33(23,24)25)9-15(13)18(22)14-4-2-12(10-16(14)17)36(31,32)20-6-8-34(26,27)28/h1-4,9-10,19-20H,5-8H2,(H,23,24,25)(H,26,27,28). The largest absolute Gasteiger partial charge is 0.289 e. The minimum Gasteiger partial charge on any atom is -0.289 e. The molecule has 0 aromatic heterocycles. The van der Waals surface area contributed by atoms with Crippen LogP contribution in [0.3, 0.4) is 0 Å². The number of hydrogen-bond donors (Lipinski definition) is 4. The van der Waals surface area contributed by atoms with Gasteiger partial charge in [-0.1, -0.05) is 0 Å². The van der Waals surface area contributed by atoms with Crippen molar-refractivity contribution in [2.24, 2.45) is 0 Å². The molecule has 2 aromatic carbocycles. The smallest absolute Gasteiger partial charge is 0.266 e. The highest BCUT2D eigenvalue weighted by molar-refractivity contribution is 7.90. The Morgan fingerprint density at radius 3 is 1.19 bits per heavy atom. The molecule has 1 aliphatic rings. The van der Waals surface area contributed by atoms with E-state index >= 15 is 0 Å². The second-order valence-corrected chi connectivity index (χ2v) is 14.1. The van der Waals surface area contributed by atoms with Gasteiger partial charge in [0.1, 0.15) is 0 Å². The topological polar surface area (TPSA) is 235 Å². The number of rotatable bonds is 10. The molecule has 3 rings (SSSR count). The maximum atomic E-state index is 13.0. The summed E-state index contributed by atoms with van der Waals surface area (Å²) in [5, 5.41) is 0. The number of benzene rings is 2. The van der Waals surface area contributed by atoms with E-state index in [0.29, 0.717) is 0 Å². The highest BCUT2D eigenvalue weighted by atomic mass is 32.2. The first kappa shape index (κ1) is 28.0. The van der Waals surface area contributed by atoms with Gasteiger partial charge in [0, 0.05) is 35.3 Å². The first-order valence-electron chi connectivity index (χ1n) is 9.68. The van der Waals surface area contributed by atoms with Gasteiger partial charge in [-0.3, -0.25) is 18.7 Å². The number of hydrogen-bond acceptors (Lipinski definition) is 10. The number of nitrogens with one attached hydrogen (secondary N) is 2. The van der Waals surface area contributed by atoms with Crippen LogP contribution in [0.25, 0.3) is 0 Å². The van der Waals surface area contributed by atoms with Crippen LogP contribution in [-0.4, -0.2) is 78.9 Å². The highest BCUT2D eigenvalue weighted by Crippen LogP contribution is 2.30. The van der Waals surface area contributed by atoms with Crippen molar-refractivity contribution >= 4 is 51.8 Å². The van der Waals surface area contributed by atoms with Gasteiger partial charge in [0.15, 0.2) is 11.6 Å². The molecule has 0 fully saturated rings. The van der Waals surface area contributed by atoms with Crippen molar-refractivity contribution in [3.8, 4) is 0 Å². The Hall–Kier alpha value is -2.58. The van der Waals surface area contributed by atoms with Gasteiger partial charge in [-0.2, -0.15) is 16.8 Å².